The van der Waals surface area contributed by atoms with E-state index in [0.29, 0.717) is 6.10 Å². The molecule has 1 saturated heterocycles. The molecule has 1 aliphatic rings. The predicted octanol–water partition coefficient (Wildman–Crippen LogP) is 2.52. The van der Waals surface area contributed by atoms with Crippen molar-refractivity contribution in [1.82, 2.24) is 0 Å². The van der Waals surface area contributed by atoms with Crippen molar-refractivity contribution in [3.8, 4) is 0 Å². The van der Waals surface area contributed by atoms with Crippen molar-refractivity contribution in [2.45, 2.75) is 39.2 Å². The summed E-state index contributed by atoms with van der Waals surface area (Å²) in [6.07, 6.45) is 6.42. The third-order valence-electron chi connectivity index (χ3n) is 1.73. The topological polar surface area (TPSA) is 9.23 Å². The zero-order valence-electron chi connectivity index (χ0n) is 6.89. The van der Waals surface area contributed by atoms with Gasteiger partial charge in [0.05, 0.1) is 6.10 Å². The lowest BCUT2D eigenvalue weighted by molar-refractivity contribution is 0.0462. The summed E-state index contributed by atoms with van der Waals surface area (Å²) in [7, 11) is 0. The molecule has 1 unspecified atom stereocenters. The monoisotopic (exact) mass is 140 g/mol. The normalized spacial score (nSPS) is 26.0. The van der Waals surface area contributed by atoms with Crippen molar-refractivity contribution < 1.29 is 4.74 Å². The average molecular weight is 140 g/mol. The van der Waals surface area contributed by atoms with Crippen LogP contribution < -0.4 is 0 Å². The van der Waals surface area contributed by atoms with Gasteiger partial charge in [-0.2, -0.15) is 0 Å². The largest absolute Gasteiger partial charge is 0.374 e. The summed E-state index contributed by atoms with van der Waals surface area (Å²) >= 11 is 0. The third-order valence-corrected chi connectivity index (χ3v) is 1.73. The quantitative estimate of drug-likeness (QED) is 0.508. The second-order valence-electron chi connectivity index (χ2n) is 3.15. The Morgan fingerprint density at radius 1 is 1.40 bits per heavy atom. The molecule has 1 heterocycles. The van der Waals surface area contributed by atoms with Crippen LogP contribution in [0, 0.1) is 0 Å². The predicted molar refractivity (Wildman–Crippen MR) is 43.0 cm³/mol. The number of allylic oxidation sites excluding steroid dienone is 1. The van der Waals surface area contributed by atoms with Crippen LogP contribution in [0.25, 0.3) is 0 Å². The minimum atomic E-state index is 0.416. The van der Waals surface area contributed by atoms with Crippen LogP contribution >= 0.6 is 0 Å². The van der Waals surface area contributed by atoms with Crippen molar-refractivity contribution in [2.75, 3.05) is 6.61 Å². The molecule has 1 aliphatic heterocycles. The van der Waals surface area contributed by atoms with Gasteiger partial charge >= 0.3 is 0 Å². The van der Waals surface area contributed by atoms with Crippen molar-refractivity contribution in [1.29, 1.82) is 0 Å². The highest BCUT2D eigenvalue weighted by atomic mass is 16.5. The molecule has 0 amide bonds. The molecule has 0 aliphatic carbocycles. The van der Waals surface area contributed by atoms with Gasteiger partial charge in [-0.3, -0.25) is 0 Å². The van der Waals surface area contributed by atoms with Gasteiger partial charge in [0.15, 0.2) is 0 Å². The fraction of sp³-hybridized carbons (Fsp3) is 0.778. The molecule has 0 radical (unpaired) electrons. The summed E-state index contributed by atoms with van der Waals surface area (Å²) in [4.78, 5) is 0. The molecule has 0 aromatic heterocycles. The molecule has 0 aromatic carbocycles. The maximum Gasteiger partial charge on any atom is 0.0758 e. The minimum absolute atomic E-state index is 0.416. The van der Waals surface area contributed by atoms with E-state index in [9.17, 15) is 0 Å². The number of hydrogen-bond donors (Lipinski definition) is 0. The molecule has 0 spiro atoms. The first-order chi connectivity index (χ1) is 4.79. The number of hydrogen-bond acceptors (Lipinski definition) is 1. The highest BCUT2D eigenvalue weighted by Gasteiger charge is 2.09. The van der Waals surface area contributed by atoms with Gasteiger partial charge in [-0.1, -0.05) is 11.6 Å². The van der Waals surface area contributed by atoms with Crippen molar-refractivity contribution in [3.05, 3.63) is 11.6 Å². The molecule has 0 saturated carbocycles. The van der Waals surface area contributed by atoms with E-state index in [1.807, 2.05) is 0 Å². The third kappa shape index (κ3) is 2.53. The fourth-order valence-corrected chi connectivity index (χ4v) is 1.27. The molecule has 0 aromatic rings. The standard InChI is InChI=1S/C9H16O/c1-8(2)7-9-5-3-4-6-10-9/h7,9H,3-6H2,1-2H3. The maximum atomic E-state index is 5.51. The second kappa shape index (κ2) is 3.77. The Morgan fingerprint density at radius 2 is 2.20 bits per heavy atom. The van der Waals surface area contributed by atoms with Crippen LogP contribution in [0.2, 0.25) is 0 Å². The summed E-state index contributed by atoms with van der Waals surface area (Å²) in [5, 5.41) is 0. The van der Waals surface area contributed by atoms with E-state index in [-0.39, 0.29) is 0 Å². The van der Waals surface area contributed by atoms with Crippen molar-refractivity contribution in [3.63, 3.8) is 0 Å². The molecule has 1 heteroatoms. The molecule has 0 N–H and O–H groups in total. The zero-order valence-corrected chi connectivity index (χ0v) is 6.89. The lowest BCUT2D eigenvalue weighted by atomic mass is 10.1. The Hall–Kier alpha value is -0.300. The van der Waals surface area contributed by atoms with Crippen molar-refractivity contribution >= 4 is 0 Å². The summed E-state index contributed by atoms with van der Waals surface area (Å²) in [6.45, 7) is 5.20. The Balaban J connectivity index is 2.33. The van der Waals surface area contributed by atoms with Gasteiger partial charge in [0.2, 0.25) is 0 Å². The molecule has 1 fully saturated rings. The smallest absolute Gasteiger partial charge is 0.0758 e. The lowest BCUT2D eigenvalue weighted by Crippen LogP contribution is -2.16. The SMILES string of the molecule is CC(C)=CC1CCCCO1. The van der Waals surface area contributed by atoms with E-state index in [4.69, 9.17) is 4.74 Å². The van der Waals surface area contributed by atoms with Gasteiger partial charge in [0.1, 0.15) is 0 Å². The van der Waals surface area contributed by atoms with Crippen LogP contribution in [0.5, 0.6) is 0 Å². The van der Waals surface area contributed by atoms with E-state index in [2.05, 4.69) is 19.9 Å². The first-order valence-electron chi connectivity index (χ1n) is 4.05. The molecular formula is C9H16O. The van der Waals surface area contributed by atoms with Crippen molar-refractivity contribution in [2.24, 2.45) is 0 Å². The highest BCUT2D eigenvalue weighted by molar-refractivity contribution is 4.98. The maximum absolute atomic E-state index is 5.51. The molecule has 1 rings (SSSR count). The van der Waals surface area contributed by atoms with E-state index in [0.717, 1.165) is 6.61 Å². The van der Waals surface area contributed by atoms with Crippen LogP contribution in [0.4, 0.5) is 0 Å². The Morgan fingerprint density at radius 3 is 2.70 bits per heavy atom. The molecule has 58 valence electrons. The lowest BCUT2D eigenvalue weighted by Gasteiger charge is -2.19. The highest BCUT2D eigenvalue weighted by Crippen LogP contribution is 2.14. The Bertz CT molecular complexity index is 117. The van der Waals surface area contributed by atoms with E-state index < -0.39 is 0 Å². The summed E-state index contributed by atoms with van der Waals surface area (Å²) in [5.74, 6) is 0. The average Bonchev–Trinajstić information content (AvgIpc) is 1.88. The van der Waals surface area contributed by atoms with Gasteiger partial charge in [-0.15, -0.1) is 0 Å². The van der Waals surface area contributed by atoms with Crippen LogP contribution in [0.1, 0.15) is 33.1 Å². The molecule has 1 atom stereocenters. The molecular weight excluding hydrogens is 124 g/mol. The van der Waals surface area contributed by atoms with Gasteiger partial charge in [0, 0.05) is 6.61 Å². The fourth-order valence-electron chi connectivity index (χ4n) is 1.27. The van der Waals surface area contributed by atoms with Gasteiger partial charge in [-0.05, 0) is 33.1 Å². The van der Waals surface area contributed by atoms with Gasteiger partial charge < -0.3 is 4.74 Å². The van der Waals surface area contributed by atoms with Crippen LogP contribution in [0.3, 0.4) is 0 Å². The molecule has 10 heavy (non-hydrogen) atoms. The van der Waals surface area contributed by atoms with Crippen LogP contribution in [0.15, 0.2) is 11.6 Å². The second-order valence-corrected chi connectivity index (χ2v) is 3.15. The minimum Gasteiger partial charge on any atom is -0.374 e. The Kier molecular flexibility index (Phi) is 2.94. The summed E-state index contributed by atoms with van der Waals surface area (Å²) in [5.41, 5.74) is 1.37. The zero-order chi connectivity index (χ0) is 7.40. The first-order valence-corrected chi connectivity index (χ1v) is 4.05. The molecule has 1 nitrogen and oxygen atoms in total. The summed E-state index contributed by atoms with van der Waals surface area (Å²) in [6, 6.07) is 0. The van der Waals surface area contributed by atoms with E-state index in [1.165, 1.54) is 24.8 Å². The number of ether oxygens (including phenoxy) is 1. The number of rotatable bonds is 1. The van der Waals surface area contributed by atoms with E-state index in [1.54, 1.807) is 0 Å². The van der Waals surface area contributed by atoms with Gasteiger partial charge in [-0.25, -0.2) is 0 Å². The van der Waals surface area contributed by atoms with Crippen LogP contribution in [-0.4, -0.2) is 12.7 Å². The van der Waals surface area contributed by atoms with Gasteiger partial charge in [0.25, 0.3) is 0 Å². The first kappa shape index (κ1) is 7.80. The molecule has 0 bridgehead atoms. The Labute approximate surface area is 63.1 Å². The van der Waals surface area contributed by atoms with Crippen LogP contribution in [-0.2, 0) is 4.74 Å². The summed E-state index contributed by atoms with van der Waals surface area (Å²) < 4.78 is 5.51. The van der Waals surface area contributed by atoms with E-state index >= 15 is 0 Å².